The van der Waals surface area contributed by atoms with E-state index in [1.54, 1.807) is 11.3 Å². The number of pyridine rings is 1. The Kier molecular flexibility index (Phi) is 8.11. The van der Waals surface area contributed by atoms with Crippen LogP contribution in [0.2, 0.25) is 0 Å². The number of nitrogens with zero attached hydrogens (tertiary/aromatic N) is 1. The van der Waals surface area contributed by atoms with Gasteiger partial charge in [-0.3, -0.25) is 9.59 Å². The number of carbonyl (C=O) groups is 1. The first-order chi connectivity index (χ1) is 14.8. The Labute approximate surface area is 190 Å². The van der Waals surface area contributed by atoms with Crippen molar-refractivity contribution in [1.82, 2.24) is 15.2 Å². The van der Waals surface area contributed by atoms with Crippen molar-refractivity contribution >= 4 is 17.2 Å². The zero-order valence-electron chi connectivity index (χ0n) is 19.6. The number of aryl methyl sites for hydroxylation is 3. The molecule has 2 aromatic heterocycles. The van der Waals surface area contributed by atoms with E-state index < -0.39 is 0 Å². The van der Waals surface area contributed by atoms with Crippen molar-refractivity contribution in [3.63, 3.8) is 0 Å². The van der Waals surface area contributed by atoms with Crippen molar-refractivity contribution in [2.45, 2.75) is 78.3 Å². The SMILES string of the molecule is Cc1cc(C)c(CNC(=O)c2csc(CCC[C@H]3CC[C@H](N(C)C)CC3)c2C)c(=O)[nH]1. The molecule has 1 aliphatic rings. The predicted octanol–water partition coefficient (Wildman–Crippen LogP) is 4.73. The van der Waals surface area contributed by atoms with E-state index in [0.717, 1.165) is 40.8 Å². The van der Waals surface area contributed by atoms with E-state index in [0.29, 0.717) is 5.56 Å². The Morgan fingerprint density at radius 2 is 1.90 bits per heavy atom. The van der Waals surface area contributed by atoms with Crippen LogP contribution in [0.15, 0.2) is 16.2 Å². The number of nitrogens with one attached hydrogen (secondary N) is 2. The number of carbonyl (C=O) groups excluding carboxylic acids is 1. The molecular formula is C25H37N3O2S. The summed E-state index contributed by atoms with van der Waals surface area (Å²) in [4.78, 5) is 31.4. The third-order valence-electron chi connectivity index (χ3n) is 6.87. The minimum atomic E-state index is -0.125. The molecule has 6 heteroatoms. The summed E-state index contributed by atoms with van der Waals surface area (Å²) in [5.41, 5.74) is 4.07. The van der Waals surface area contributed by atoms with Gasteiger partial charge in [-0.15, -0.1) is 11.3 Å². The molecule has 0 aliphatic heterocycles. The molecule has 2 heterocycles. The molecule has 0 spiro atoms. The maximum absolute atomic E-state index is 12.7. The lowest BCUT2D eigenvalue weighted by molar-refractivity contribution is 0.0950. The molecule has 2 N–H and O–H groups in total. The Bertz CT molecular complexity index is 952. The summed E-state index contributed by atoms with van der Waals surface area (Å²) in [5, 5.41) is 4.90. The van der Waals surface area contributed by atoms with Crippen LogP contribution in [0.25, 0.3) is 0 Å². The fourth-order valence-electron chi connectivity index (χ4n) is 4.79. The van der Waals surface area contributed by atoms with E-state index in [1.807, 2.05) is 32.2 Å². The van der Waals surface area contributed by atoms with Crippen LogP contribution >= 0.6 is 11.3 Å². The summed E-state index contributed by atoms with van der Waals surface area (Å²) >= 11 is 1.69. The number of hydrogen-bond acceptors (Lipinski definition) is 4. The molecule has 1 amide bonds. The molecule has 0 atom stereocenters. The normalized spacial score (nSPS) is 19.0. The number of aromatic nitrogens is 1. The topological polar surface area (TPSA) is 65.2 Å². The highest BCUT2D eigenvalue weighted by Gasteiger charge is 2.22. The smallest absolute Gasteiger partial charge is 0.253 e. The highest BCUT2D eigenvalue weighted by atomic mass is 32.1. The monoisotopic (exact) mass is 443 g/mol. The van der Waals surface area contributed by atoms with Crippen LogP contribution in [0.5, 0.6) is 0 Å². The molecule has 1 saturated carbocycles. The molecule has 1 aliphatic carbocycles. The third-order valence-corrected chi connectivity index (χ3v) is 8.02. The molecule has 0 radical (unpaired) electrons. The lowest BCUT2D eigenvalue weighted by Crippen LogP contribution is -2.32. The lowest BCUT2D eigenvalue weighted by atomic mass is 9.82. The van der Waals surface area contributed by atoms with Gasteiger partial charge in [0.05, 0.1) is 5.56 Å². The zero-order chi connectivity index (χ0) is 22.5. The van der Waals surface area contributed by atoms with Crippen molar-refractivity contribution in [1.29, 1.82) is 0 Å². The fourth-order valence-corrected chi connectivity index (χ4v) is 5.89. The largest absolute Gasteiger partial charge is 0.348 e. The number of rotatable bonds is 8. The van der Waals surface area contributed by atoms with Crippen LogP contribution in [0, 0.1) is 26.7 Å². The molecule has 2 aromatic rings. The fraction of sp³-hybridized carbons (Fsp3) is 0.600. The first-order valence-corrected chi connectivity index (χ1v) is 12.3. The summed E-state index contributed by atoms with van der Waals surface area (Å²) in [5.74, 6) is 0.761. The van der Waals surface area contributed by atoms with Crippen molar-refractivity contribution in [3.05, 3.63) is 54.6 Å². The Balaban J connectivity index is 1.49. The van der Waals surface area contributed by atoms with Gasteiger partial charge < -0.3 is 15.2 Å². The van der Waals surface area contributed by atoms with Gasteiger partial charge in [-0.05, 0) is 96.5 Å². The van der Waals surface area contributed by atoms with Gasteiger partial charge in [-0.2, -0.15) is 0 Å². The minimum Gasteiger partial charge on any atom is -0.348 e. The van der Waals surface area contributed by atoms with Crippen molar-refractivity contribution < 1.29 is 4.79 Å². The predicted molar refractivity (Wildman–Crippen MR) is 129 cm³/mol. The second kappa shape index (κ2) is 10.6. The van der Waals surface area contributed by atoms with Crippen molar-refractivity contribution in [3.8, 4) is 0 Å². The van der Waals surface area contributed by atoms with Gasteiger partial charge in [0, 0.05) is 34.1 Å². The molecule has 170 valence electrons. The summed E-state index contributed by atoms with van der Waals surface area (Å²) in [6, 6.07) is 2.69. The lowest BCUT2D eigenvalue weighted by Gasteiger charge is -2.32. The molecule has 3 rings (SSSR count). The van der Waals surface area contributed by atoms with Gasteiger partial charge in [-0.25, -0.2) is 0 Å². The van der Waals surface area contributed by atoms with Crippen LogP contribution in [0.4, 0.5) is 0 Å². The number of aromatic amines is 1. The Morgan fingerprint density at radius 3 is 2.55 bits per heavy atom. The van der Waals surface area contributed by atoms with E-state index in [9.17, 15) is 9.59 Å². The molecule has 1 fully saturated rings. The minimum absolute atomic E-state index is 0.0959. The first-order valence-electron chi connectivity index (χ1n) is 11.5. The Morgan fingerprint density at radius 1 is 1.19 bits per heavy atom. The van der Waals surface area contributed by atoms with E-state index in [2.05, 4.69) is 29.3 Å². The van der Waals surface area contributed by atoms with Crippen LogP contribution in [-0.2, 0) is 13.0 Å². The standard InChI is InChI=1S/C25H37N3O2S/c1-16-13-17(2)27-25(30)21(16)14-26-24(29)22-15-31-23(18(22)3)8-6-7-19-9-11-20(12-10-19)28(4)5/h13,15,19-20H,6-12,14H2,1-5H3,(H,26,29)(H,27,30)/t19-,20-. The van der Waals surface area contributed by atoms with Crippen LogP contribution < -0.4 is 10.9 Å². The van der Waals surface area contributed by atoms with E-state index in [4.69, 9.17) is 0 Å². The maximum atomic E-state index is 12.7. The number of thiophene rings is 1. The van der Waals surface area contributed by atoms with Gasteiger partial charge in [-0.1, -0.05) is 6.42 Å². The highest BCUT2D eigenvalue weighted by molar-refractivity contribution is 7.10. The van der Waals surface area contributed by atoms with Gasteiger partial charge in [0.15, 0.2) is 0 Å². The molecule has 0 aromatic carbocycles. The molecular weight excluding hydrogens is 406 g/mol. The number of amides is 1. The molecule has 31 heavy (non-hydrogen) atoms. The maximum Gasteiger partial charge on any atom is 0.253 e. The van der Waals surface area contributed by atoms with E-state index in [1.165, 1.54) is 43.4 Å². The highest BCUT2D eigenvalue weighted by Crippen LogP contribution is 2.31. The summed E-state index contributed by atoms with van der Waals surface area (Å²) in [6.07, 6.45) is 8.86. The quantitative estimate of drug-likeness (QED) is 0.620. The first kappa shape index (κ1) is 23.7. The molecule has 0 bridgehead atoms. The average Bonchev–Trinajstić information content (AvgIpc) is 3.08. The van der Waals surface area contributed by atoms with Crippen LogP contribution in [0.3, 0.4) is 0 Å². The van der Waals surface area contributed by atoms with Gasteiger partial charge in [0.1, 0.15) is 0 Å². The third kappa shape index (κ3) is 6.07. The summed E-state index contributed by atoms with van der Waals surface area (Å²) < 4.78 is 0. The van der Waals surface area contributed by atoms with Gasteiger partial charge in [0.2, 0.25) is 0 Å². The second-order valence-corrected chi connectivity index (χ2v) is 10.3. The molecule has 0 unspecified atom stereocenters. The van der Waals surface area contributed by atoms with Crippen molar-refractivity contribution in [2.75, 3.05) is 14.1 Å². The molecule has 0 saturated heterocycles. The van der Waals surface area contributed by atoms with E-state index in [-0.39, 0.29) is 18.0 Å². The summed E-state index contributed by atoms with van der Waals surface area (Å²) in [7, 11) is 4.39. The second-order valence-electron chi connectivity index (χ2n) is 9.35. The molecule has 5 nitrogen and oxygen atoms in total. The zero-order valence-corrected chi connectivity index (χ0v) is 20.5. The van der Waals surface area contributed by atoms with Gasteiger partial charge >= 0.3 is 0 Å². The van der Waals surface area contributed by atoms with Crippen LogP contribution in [0.1, 0.15) is 76.1 Å². The average molecular weight is 444 g/mol. The van der Waals surface area contributed by atoms with E-state index >= 15 is 0 Å². The van der Waals surface area contributed by atoms with Crippen molar-refractivity contribution in [2.24, 2.45) is 5.92 Å². The van der Waals surface area contributed by atoms with Gasteiger partial charge in [0.25, 0.3) is 11.5 Å². The number of hydrogen-bond donors (Lipinski definition) is 2. The summed E-state index contributed by atoms with van der Waals surface area (Å²) in [6.45, 7) is 6.07. The number of H-pyrrole nitrogens is 1. The Hall–Kier alpha value is -1.92. The van der Waals surface area contributed by atoms with Crippen LogP contribution in [-0.4, -0.2) is 35.9 Å².